The summed E-state index contributed by atoms with van der Waals surface area (Å²) in [6.45, 7) is 3.45. The van der Waals surface area contributed by atoms with Crippen LogP contribution in [-0.2, 0) is 14.8 Å². The lowest BCUT2D eigenvalue weighted by atomic mass is 10.1. The molecule has 2 fully saturated rings. The molecule has 0 aromatic heterocycles. The van der Waals surface area contributed by atoms with Crippen LogP contribution in [0.15, 0.2) is 24.3 Å². The van der Waals surface area contributed by atoms with Crippen LogP contribution in [0.25, 0.3) is 0 Å². The molecule has 150 valence electrons. The van der Waals surface area contributed by atoms with Crippen LogP contribution in [0.1, 0.15) is 23.2 Å². The number of nitrogens with zero attached hydrogens (tertiary/aromatic N) is 2. The normalized spacial score (nSPS) is 21.3. The van der Waals surface area contributed by atoms with Crippen molar-refractivity contribution < 1.29 is 17.9 Å². The van der Waals surface area contributed by atoms with Crippen LogP contribution in [0.4, 0.5) is 0 Å². The van der Waals surface area contributed by atoms with Gasteiger partial charge in [-0.2, -0.15) is 4.31 Å². The number of sulfonamides is 1. The van der Waals surface area contributed by atoms with Crippen LogP contribution in [0, 0.1) is 0 Å². The second-order valence-corrected chi connectivity index (χ2v) is 9.39. The number of carbonyl (C=O) groups is 1. The number of nitrogens with one attached hydrogen (secondary N) is 1. The van der Waals surface area contributed by atoms with Gasteiger partial charge in [0.15, 0.2) is 0 Å². The molecule has 0 aliphatic carbocycles. The molecule has 1 aromatic carbocycles. The Labute approximate surface area is 165 Å². The van der Waals surface area contributed by atoms with Crippen molar-refractivity contribution in [2.24, 2.45) is 0 Å². The fraction of sp³-hybridized carbons (Fsp3) is 0.611. The average molecular weight is 416 g/mol. The number of carbonyl (C=O) groups excluding carboxylic acids is 1. The molecule has 1 atom stereocenters. The lowest BCUT2D eigenvalue weighted by molar-refractivity contribution is 0.0540. The molecule has 2 aliphatic heterocycles. The van der Waals surface area contributed by atoms with E-state index in [9.17, 15) is 13.2 Å². The van der Waals surface area contributed by atoms with Crippen molar-refractivity contribution in [1.82, 2.24) is 14.5 Å². The molecular weight excluding hydrogens is 390 g/mol. The van der Waals surface area contributed by atoms with Gasteiger partial charge in [0.2, 0.25) is 10.0 Å². The summed E-state index contributed by atoms with van der Waals surface area (Å²) in [7, 11) is -3.40. The van der Waals surface area contributed by atoms with Crippen molar-refractivity contribution >= 4 is 27.5 Å². The Morgan fingerprint density at radius 3 is 2.78 bits per heavy atom. The lowest BCUT2D eigenvalue weighted by Crippen LogP contribution is -2.49. The van der Waals surface area contributed by atoms with Crippen LogP contribution in [-0.4, -0.2) is 81.3 Å². The number of benzene rings is 1. The molecule has 0 saturated carbocycles. The highest BCUT2D eigenvalue weighted by molar-refractivity contribution is 7.89. The van der Waals surface area contributed by atoms with E-state index in [0.29, 0.717) is 49.9 Å². The maximum Gasteiger partial charge on any atom is 0.254 e. The molecule has 0 unspecified atom stereocenters. The molecule has 2 heterocycles. The average Bonchev–Trinajstić information content (AvgIpc) is 3.18. The van der Waals surface area contributed by atoms with Crippen molar-refractivity contribution in [3.8, 4) is 0 Å². The predicted molar refractivity (Wildman–Crippen MR) is 105 cm³/mol. The molecule has 27 heavy (non-hydrogen) atoms. The van der Waals surface area contributed by atoms with E-state index in [2.05, 4.69) is 5.32 Å². The van der Waals surface area contributed by atoms with Gasteiger partial charge in [-0.1, -0.05) is 17.7 Å². The number of hydrogen-bond acceptors (Lipinski definition) is 5. The standard InChI is InChI=1S/C18H26ClN3O4S/c19-16-4-1-3-15(13-16)18(23)21(14-17-5-2-11-26-17)10-12-27(24,25)22-8-6-20-7-9-22/h1,3-4,13,17,20H,2,5-12,14H2/t17-/m0/s1. The first-order valence-corrected chi connectivity index (χ1v) is 11.3. The molecular formula is C18H26ClN3O4S. The highest BCUT2D eigenvalue weighted by atomic mass is 35.5. The molecule has 3 rings (SSSR count). The Balaban J connectivity index is 1.70. The molecule has 0 bridgehead atoms. The first-order valence-electron chi connectivity index (χ1n) is 9.31. The summed E-state index contributed by atoms with van der Waals surface area (Å²) in [5.74, 6) is -0.310. The monoisotopic (exact) mass is 415 g/mol. The van der Waals surface area contributed by atoms with Crippen molar-refractivity contribution in [3.05, 3.63) is 34.9 Å². The van der Waals surface area contributed by atoms with E-state index in [1.807, 2.05) is 0 Å². The Hall–Kier alpha value is -1.19. The minimum atomic E-state index is -3.40. The third-order valence-corrected chi connectivity index (χ3v) is 6.98. The van der Waals surface area contributed by atoms with Crippen LogP contribution >= 0.6 is 11.6 Å². The van der Waals surface area contributed by atoms with E-state index in [-0.39, 0.29) is 24.3 Å². The van der Waals surface area contributed by atoms with E-state index in [0.717, 1.165) is 12.8 Å². The molecule has 1 N–H and O–H groups in total. The topological polar surface area (TPSA) is 79.0 Å². The molecule has 9 heteroatoms. The lowest BCUT2D eigenvalue weighted by Gasteiger charge is -2.29. The number of halogens is 1. The predicted octanol–water partition coefficient (Wildman–Crippen LogP) is 1.20. The summed E-state index contributed by atoms with van der Waals surface area (Å²) in [6.07, 6.45) is 1.79. The van der Waals surface area contributed by atoms with Gasteiger partial charge < -0.3 is 15.0 Å². The van der Waals surface area contributed by atoms with Gasteiger partial charge in [-0.05, 0) is 31.0 Å². The minimum Gasteiger partial charge on any atom is -0.376 e. The Bertz CT molecular complexity index is 747. The zero-order valence-corrected chi connectivity index (χ0v) is 16.8. The zero-order valence-electron chi connectivity index (χ0n) is 15.3. The van der Waals surface area contributed by atoms with Gasteiger partial charge >= 0.3 is 0 Å². The van der Waals surface area contributed by atoms with Crippen molar-refractivity contribution in [3.63, 3.8) is 0 Å². The van der Waals surface area contributed by atoms with Crippen LogP contribution in [0.3, 0.4) is 0 Å². The Morgan fingerprint density at radius 1 is 1.33 bits per heavy atom. The van der Waals surface area contributed by atoms with Gasteiger partial charge in [0.05, 0.1) is 11.9 Å². The van der Waals surface area contributed by atoms with Gasteiger partial charge in [0, 0.05) is 56.5 Å². The molecule has 2 saturated heterocycles. The summed E-state index contributed by atoms with van der Waals surface area (Å²) >= 11 is 6.01. The van der Waals surface area contributed by atoms with E-state index in [1.165, 1.54) is 4.31 Å². The van der Waals surface area contributed by atoms with E-state index >= 15 is 0 Å². The third-order valence-electron chi connectivity index (χ3n) is 4.90. The molecule has 0 radical (unpaired) electrons. The van der Waals surface area contributed by atoms with E-state index in [1.54, 1.807) is 29.2 Å². The highest BCUT2D eigenvalue weighted by Crippen LogP contribution is 2.17. The fourth-order valence-corrected chi connectivity index (χ4v) is 5.03. The number of amides is 1. The van der Waals surface area contributed by atoms with Crippen molar-refractivity contribution in [2.45, 2.75) is 18.9 Å². The smallest absolute Gasteiger partial charge is 0.254 e. The van der Waals surface area contributed by atoms with Crippen LogP contribution in [0.2, 0.25) is 5.02 Å². The summed E-state index contributed by atoms with van der Waals surface area (Å²) in [4.78, 5) is 14.6. The Kier molecular flexibility index (Phi) is 7.10. The largest absolute Gasteiger partial charge is 0.376 e. The summed E-state index contributed by atoms with van der Waals surface area (Å²) in [5, 5.41) is 3.62. The van der Waals surface area contributed by atoms with Gasteiger partial charge in [-0.15, -0.1) is 0 Å². The second kappa shape index (κ2) is 9.34. The SMILES string of the molecule is O=C(c1cccc(Cl)c1)N(CCS(=O)(=O)N1CCNCC1)C[C@@H]1CCCO1. The van der Waals surface area contributed by atoms with Gasteiger partial charge in [0.1, 0.15) is 0 Å². The Morgan fingerprint density at radius 2 is 2.11 bits per heavy atom. The van der Waals surface area contributed by atoms with Gasteiger partial charge in [-0.3, -0.25) is 4.79 Å². The first-order chi connectivity index (χ1) is 13.0. The van der Waals surface area contributed by atoms with Crippen LogP contribution < -0.4 is 5.32 Å². The summed E-state index contributed by atoms with van der Waals surface area (Å²) in [5.41, 5.74) is 0.458. The maximum absolute atomic E-state index is 13.0. The van der Waals surface area contributed by atoms with E-state index < -0.39 is 10.0 Å². The molecule has 7 nitrogen and oxygen atoms in total. The molecule has 1 amide bonds. The summed E-state index contributed by atoms with van der Waals surface area (Å²) in [6, 6.07) is 6.73. The van der Waals surface area contributed by atoms with Gasteiger partial charge in [-0.25, -0.2) is 8.42 Å². The minimum absolute atomic E-state index is 0.0463. The number of piperazine rings is 1. The van der Waals surface area contributed by atoms with E-state index in [4.69, 9.17) is 16.3 Å². The van der Waals surface area contributed by atoms with Crippen LogP contribution in [0.5, 0.6) is 0 Å². The quantitative estimate of drug-likeness (QED) is 0.723. The number of ether oxygens (including phenoxy) is 1. The third kappa shape index (κ3) is 5.65. The zero-order chi connectivity index (χ0) is 19.3. The molecule has 0 spiro atoms. The van der Waals surface area contributed by atoms with Gasteiger partial charge in [0.25, 0.3) is 5.91 Å². The second-order valence-electron chi connectivity index (χ2n) is 6.86. The van der Waals surface area contributed by atoms with Crippen molar-refractivity contribution in [2.75, 3.05) is 51.6 Å². The van der Waals surface area contributed by atoms with Crippen molar-refractivity contribution in [1.29, 1.82) is 0 Å². The summed E-state index contributed by atoms with van der Waals surface area (Å²) < 4.78 is 32.4. The maximum atomic E-state index is 13.0. The first kappa shape index (κ1) is 20.5. The fourth-order valence-electron chi connectivity index (χ4n) is 3.39. The number of rotatable bonds is 7. The number of hydrogen-bond donors (Lipinski definition) is 1. The molecule has 2 aliphatic rings. The molecule has 1 aromatic rings. The highest BCUT2D eigenvalue weighted by Gasteiger charge is 2.28.